The van der Waals surface area contributed by atoms with Crippen LogP contribution in [0.15, 0.2) is 34.9 Å². The van der Waals surface area contributed by atoms with Gasteiger partial charge < -0.3 is 9.42 Å². The monoisotopic (exact) mass is 346 g/mol. The quantitative estimate of drug-likeness (QED) is 0.842. The van der Waals surface area contributed by atoms with Gasteiger partial charge in [0, 0.05) is 18.1 Å². The van der Waals surface area contributed by atoms with Gasteiger partial charge in [-0.25, -0.2) is 0 Å². The number of amides is 1. The van der Waals surface area contributed by atoms with Gasteiger partial charge in [-0.2, -0.15) is 13.2 Å². The first-order valence-corrected chi connectivity index (χ1v) is 7.06. The van der Waals surface area contributed by atoms with Crippen molar-refractivity contribution in [2.75, 3.05) is 7.05 Å². The number of alkyl halides is 3. The Kier molecular flexibility index (Phi) is 4.99. The minimum atomic E-state index is -4.61. The van der Waals surface area contributed by atoms with Crippen molar-refractivity contribution in [1.82, 2.24) is 10.1 Å². The van der Waals surface area contributed by atoms with E-state index in [4.69, 9.17) is 16.1 Å². The number of rotatable bonds is 4. The summed E-state index contributed by atoms with van der Waals surface area (Å²) in [7, 11) is 1.11. The summed E-state index contributed by atoms with van der Waals surface area (Å²) in [5.41, 5.74) is 0.227. The molecular weight excluding hydrogens is 333 g/mol. The molecule has 1 amide bonds. The van der Waals surface area contributed by atoms with E-state index in [0.717, 1.165) is 7.05 Å². The summed E-state index contributed by atoms with van der Waals surface area (Å²) in [6.07, 6.45) is -4.88. The highest BCUT2D eigenvalue weighted by Crippen LogP contribution is 2.37. The first-order valence-electron chi connectivity index (χ1n) is 6.68. The molecule has 4 nitrogen and oxygen atoms in total. The molecule has 0 aliphatic carbocycles. The first kappa shape index (κ1) is 17.3. The van der Waals surface area contributed by atoms with Gasteiger partial charge in [0.05, 0.1) is 12.1 Å². The SMILES string of the molecule is Cc1cc(CC(=O)N(C)[C@H](c2ccc(Cl)cc2)C(F)(F)F)no1. The number of carbonyl (C=O) groups is 1. The fourth-order valence-corrected chi connectivity index (χ4v) is 2.33. The first-order chi connectivity index (χ1) is 10.7. The van der Waals surface area contributed by atoms with E-state index in [-0.39, 0.29) is 17.7 Å². The second-order valence-corrected chi connectivity index (χ2v) is 5.54. The van der Waals surface area contributed by atoms with E-state index >= 15 is 0 Å². The molecule has 1 aromatic heterocycles. The van der Waals surface area contributed by atoms with E-state index in [9.17, 15) is 18.0 Å². The lowest BCUT2D eigenvalue weighted by atomic mass is 10.0. The van der Waals surface area contributed by atoms with Gasteiger partial charge >= 0.3 is 6.18 Å². The van der Waals surface area contributed by atoms with Crippen LogP contribution in [0.1, 0.15) is 23.1 Å². The predicted molar refractivity (Wildman–Crippen MR) is 78.0 cm³/mol. The Hall–Kier alpha value is -2.02. The molecule has 0 aliphatic heterocycles. The molecule has 1 aromatic carbocycles. The molecule has 0 unspecified atom stereocenters. The minimum absolute atomic E-state index is 0.0610. The van der Waals surface area contributed by atoms with Crippen molar-refractivity contribution in [3.63, 3.8) is 0 Å². The van der Waals surface area contributed by atoms with Gasteiger partial charge in [0.15, 0.2) is 6.04 Å². The molecule has 0 saturated heterocycles. The van der Waals surface area contributed by atoms with Crippen LogP contribution in [-0.4, -0.2) is 29.2 Å². The number of nitrogens with zero attached hydrogens (tertiary/aromatic N) is 2. The molecule has 0 N–H and O–H groups in total. The van der Waals surface area contributed by atoms with Crippen LogP contribution in [0.25, 0.3) is 0 Å². The van der Waals surface area contributed by atoms with Crippen molar-refractivity contribution in [3.8, 4) is 0 Å². The number of halogens is 4. The number of likely N-dealkylation sites (N-methyl/N-ethyl adjacent to an activating group) is 1. The molecule has 8 heteroatoms. The van der Waals surface area contributed by atoms with Gasteiger partial charge in [-0.3, -0.25) is 4.79 Å². The molecule has 0 fully saturated rings. The number of benzene rings is 1. The zero-order valence-electron chi connectivity index (χ0n) is 12.4. The lowest BCUT2D eigenvalue weighted by Crippen LogP contribution is -2.40. The number of aryl methyl sites for hydroxylation is 1. The Morgan fingerprint density at radius 3 is 2.43 bits per heavy atom. The maximum Gasteiger partial charge on any atom is 0.413 e. The molecule has 2 aromatic rings. The van der Waals surface area contributed by atoms with Gasteiger partial charge in [-0.05, 0) is 24.6 Å². The summed E-state index contributed by atoms with van der Waals surface area (Å²) in [4.78, 5) is 12.8. The van der Waals surface area contributed by atoms with Crippen LogP contribution < -0.4 is 0 Å². The molecule has 0 aliphatic rings. The third-order valence-electron chi connectivity index (χ3n) is 3.29. The predicted octanol–water partition coefficient (Wildman–Crippen LogP) is 3.94. The molecular formula is C15H14ClF3N2O2. The van der Waals surface area contributed by atoms with Gasteiger partial charge in [-0.15, -0.1) is 0 Å². The Morgan fingerprint density at radius 1 is 1.35 bits per heavy atom. The summed E-state index contributed by atoms with van der Waals surface area (Å²) in [5, 5.41) is 3.94. The largest absolute Gasteiger partial charge is 0.413 e. The second kappa shape index (κ2) is 6.62. The molecule has 0 radical (unpaired) electrons. The standard InChI is InChI=1S/C15H14ClF3N2O2/c1-9-7-12(20-23-9)8-13(22)21(2)14(15(17,18)19)10-3-5-11(16)6-4-10/h3-7,14H,8H2,1-2H3/t14-/m1/s1. The highest BCUT2D eigenvalue weighted by molar-refractivity contribution is 6.30. The average Bonchev–Trinajstić information content (AvgIpc) is 2.85. The van der Waals surface area contributed by atoms with Gasteiger partial charge in [0.1, 0.15) is 5.76 Å². The van der Waals surface area contributed by atoms with Crippen molar-refractivity contribution in [2.45, 2.75) is 25.6 Å². The normalized spacial score (nSPS) is 13.0. The van der Waals surface area contributed by atoms with Crippen LogP contribution >= 0.6 is 11.6 Å². The van der Waals surface area contributed by atoms with Crippen LogP contribution in [0, 0.1) is 6.92 Å². The highest BCUT2D eigenvalue weighted by Gasteiger charge is 2.45. The topological polar surface area (TPSA) is 46.3 Å². The molecule has 0 spiro atoms. The summed E-state index contributed by atoms with van der Waals surface area (Å²) < 4.78 is 45.0. The molecule has 1 atom stereocenters. The Bertz CT molecular complexity index is 683. The Balaban J connectivity index is 2.24. The zero-order valence-corrected chi connectivity index (χ0v) is 13.1. The van der Waals surface area contributed by atoms with E-state index < -0.39 is 18.1 Å². The number of aromatic nitrogens is 1. The maximum atomic E-state index is 13.4. The van der Waals surface area contributed by atoms with Crippen molar-refractivity contribution >= 4 is 17.5 Å². The lowest BCUT2D eigenvalue weighted by molar-refractivity contribution is -0.188. The molecule has 1 heterocycles. The fraction of sp³-hybridized carbons (Fsp3) is 0.333. The maximum absolute atomic E-state index is 13.4. The van der Waals surface area contributed by atoms with Crippen molar-refractivity contribution in [1.29, 1.82) is 0 Å². The Labute approximate surface area is 135 Å². The number of carbonyl (C=O) groups excluding carboxylic acids is 1. The van der Waals surface area contributed by atoms with Gasteiger partial charge in [-0.1, -0.05) is 28.9 Å². The average molecular weight is 347 g/mol. The van der Waals surface area contributed by atoms with Crippen LogP contribution in [0.2, 0.25) is 5.02 Å². The lowest BCUT2D eigenvalue weighted by Gasteiger charge is -2.30. The third kappa shape index (κ3) is 4.25. The van der Waals surface area contributed by atoms with Gasteiger partial charge in [0.25, 0.3) is 0 Å². The fourth-order valence-electron chi connectivity index (χ4n) is 2.20. The van der Waals surface area contributed by atoms with Crippen LogP contribution in [0.4, 0.5) is 13.2 Å². The molecule has 0 saturated carbocycles. The number of hydrogen-bond donors (Lipinski definition) is 0. The van der Waals surface area contributed by atoms with Crippen molar-refractivity contribution in [2.24, 2.45) is 0 Å². The van der Waals surface area contributed by atoms with Crippen LogP contribution in [0.5, 0.6) is 0 Å². The Morgan fingerprint density at radius 2 is 1.96 bits per heavy atom. The molecule has 23 heavy (non-hydrogen) atoms. The van der Waals surface area contributed by atoms with Crippen LogP contribution in [-0.2, 0) is 11.2 Å². The van der Waals surface area contributed by atoms with E-state index in [1.807, 2.05) is 0 Å². The summed E-state index contributed by atoms with van der Waals surface area (Å²) in [6.45, 7) is 1.64. The summed E-state index contributed by atoms with van der Waals surface area (Å²) >= 11 is 5.70. The molecule has 124 valence electrons. The summed E-state index contributed by atoms with van der Waals surface area (Å²) in [5.74, 6) is -0.226. The van der Waals surface area contributed by atoms with E-state index in [1.54, 1.807) is 6.92 Å². The highest BCUT2D eigenvalue weighted by atomic mass is 35.5. The van der Waals surface area contributed by atoms with E-state index in [1.165, 1.54) is 30.3 Å². The van der Waals surface area contributed by atoms with Crippen LogP contribution in [0.3, 0.4) is 0 Å². The second-order valence-electron chi connectivity index (χ2n) is 5.11. The van der Waals surface area contributed by atoms with Gasteiger partial charge in [0.2, 0.25) is 5.91 Å². The summed E-state index contributed by atoms with van der Waals surface area (Å²) in [6, 6.07) is 4.68. The number of hydrogen-bond acceptors (Lipinski definition) is 3. The van der Waals surface area contributed by atoms with E-state index in [0.29, 0.717) is 15.7 Å². The minimum Gasteiger partial charge on any atom is -0.361 e. The smallest absolute Gasteiger partial charge is 0.361 e. The molecule has 0 bridgehead atoms. The zero-order chi connectivity index (χ0) is 17.2. The van der Waals surface area contributed by atoms with Crippen molar-refractivity contribution < 1.29 is 22.5 Å². The molecule has 2 rings (SSSR count). The van der Waals surface area contributed by atoms with E-state index in [2.05, 4.69) is 5.16 Å². The third-order valence-corrected chi connectivity index (χ3v) is 3.54. The van der Waals surface area contributed by atoms with Crippen molar-refractivity contribution in [3.05, 3.63) is 52.4 Å².